The van der Waals surface area contributed by atoms with E-state index in [4.69, 9.17) is 22.1 Å². The summed E-state index contributed by atoms with van der Waals surface area (Å²) >= 11 is 9.08. The molecular weight excluding hydrogens is 742 g/mol. The standard InChI is InChI=1S/C17H19N5S.C14H11ClN4S.C7H16N2O2/c1-3-9-18-15-10-16(21-12(2)20-15)22-17-19-11-14(23-17)13-7-5-4-6-8-13;1-9-17-12(15)7-13(18-9)19-14-16-8-11(20-14)10-5-3-2-4-6-10;1-7(2,3)11-6(10)9-5-4-8/h4-8,10-11H,3,9H2,1-2H3,(H2,18,19,20,21,22);2-8H,1H3,(H,16,17,18,19);4-5,8H2,1-3H3,(H,9,10). The molecule has 0 aliphatic carbocycles. The van der Waals surface area contributed by atoms with Gasteiger partial charge < -0.3 is 31.7 Å². The first-order valence-electron chi connectivity index (χ1n) is 17.2. The van der Waals surface area contributed by atoms with Crippen molar-refractivity contribution in [1.82, 2.24) is 35.2 Å². The van der Waals surface area contributed by atoms with Gasteiger partial charge in [0.25, 0.3) is 0 Å². The van der Waals surface area contributed by atoms with Crippen LogP contribution >= 0.6 is 34.3 Å². The molecule has 6 rings (SSSR count). The number of aromatic nitrogens is 6. The Labute approximate surface area is 329 Å². The number of anilines is 5. The molecule has 284 valence electrons. The van der Waals surface area contributed by atoms with E-state index in [1.54, 1.807) is 35.7 Å². The first kappa shape index (κ1) is 41.5. The number of nitrogens with zero attached hydrogens (tertiary/aromatic N) is 6. The number of rotatable bonds is 11. The van der Waals surface area contributed by atoms with Crippen LogP contribution in [-0.2, 0) is 4.74 Å². The lowest BCUT2D eigenvalue weighted by Crippen LogP contribution is -2.35. The predicted molar refractivity (Wildman–Crippen MR) is 222 cm³/mol. The third-order valence-electron chi connectivity index (χ3n) is 6.61. The first-order chi connectivity index (χ1) is 25.9. The molecule has 0 bridgehead atoms. The monoisotopic (exact) mass is 787 g/mol. The minimum absolute atomic E-state index is 0.414. The Hall–Kier alpha value is -5.22. The Bertz CT molecular complexity index is 2020. The smallest absolute Gasteiger partial charge is 0.407 e. The van der Waals surface area contributed by atoms with Crippen molar-refractivity contribution >= 4 is 68.1 Å². The lowest BCUT2D eigenvalue weighted by molar-refractivity contribution is 0.0529. The van der Waals surface area contributed by atoms with Gasteiger partial charge in [-0.1, -0.05) is 102 Å². The van der Waals surface area contributed by atoms with Gasteiger partial charge in [-0.2, -0.15) is 0 Å². The lowest BCUT2D eigenvalue weighted by atomic mass is 10.2. The third-order valence-corrected chi connectivity index (χ3v) is 8.73. The zero-order valence-electron chi connectivity index (χ0n) is 31.2. The minimum atomic E-state index is -0.432. The highest BCUT2D eigenvalue weighted by Gasteiger charge is 2.15. The van der Waals surface area contributed by atoms with E-state index >= 15 is 0 Å². The number of benzene rings is 2. The van der Waals surface area contributed by atoms with Crippen molar-refractivity contribution in [3.8, 4) is 20.9 Å². The van der Waals surface area contributed by atoms with Gasteiger partial charge in [0, 0.05) is 44.2 Å². The van der Waals surface area contributed by atoms with Gasteiger partial charge in [-0.3, -0.25) is 0 Å². The Morgan fingerprint density at radius 2 is 1.26 bits per heavy atom. The quantitative estimate of drug-likeness (QED) is 0.0788. The summed E-state index contributed by atoms with van der Waals surface area (Å²) in [5, 5.41) is 14.2. The van der Waals surface area contributed by atoms with E-state index in [1.165, 1.54) is 5.56 Å². The normalized spacial score (nSPS) is 10.6. The largest absolute Gasteiger partial charge is 0.444 e. The Balaban J connectivity index is 0.000000192. The summed E-state index contributed by atoms with van der Waals surface area (Å²) in [6.45, 7) is 13.0. The maximum absolute atomic E-state index is 10.8. The minimum Gasteiger partial charge on any atom is -0.444 e. The zero-order valence-corrected chi connectivity index (χ0v) is 33.6. The molecule has 0 unspecified atom stereocenters. The summed E-state index contributed by atoms with van der Waals surface area (Å²) in [7, 11) is 0. The molecule has 0 saturated heterocycles. The fourth-order valence-corrected chi connectivity index (χ4v) is 6.30. The van der Waals surface area contributed by atoms with Gasteiger partial charge in [-0.25, -0.2) is 34.7 Å². The van der Waals surface area contributed by atoms with E-state index in [9.17, 15) is 4.79 Å². The summed E-state index contributed by atoms with van der Waals surface area (Å²) in [6, 6.07) is 24.0. The van der Waals surface area contributed by atoms with E-state index in [0.717, 1.165) is 56.0 Å². The van der Waals surface area contributed by atoms with E-state index in [1.807, 2.05) is 82.6 Å². The van der Waals surface area contributed by atoms with Gasteiger partial charge in [0.2, 0.25) is 0 Å². The van der Waals surface area contributed by atoms with Gasteiger partial charge in [0.15, 0.2) is 10.3 Å². The molecule has 16 heteroatoms. The van der Waals surface area contributed by atoms with Gasteiger partial charge in [0.05, 0.1) is 9.75 Å². The average Bonchev–Trinajstić information content (AvgIpc) is 3.80. The number of amides is 1. The second kappa shape index (κ2) is 20.9. The highest BCUT2D eigenvalue weighted by atomic mass is 35.5. The molecule has 0 aliphatic rings. The SMILES string of the molecule is CC(C)(C)OC(=O)NCCN.CCCNc1cc(Nc2ncc(-c3ccccc3)s2)nc(C)n1.Cc1nc(Cl)cc(Nc2ncc(-c3ccccc3)s2)n1. The summed E-state index contributed by atoms with van der Waals surface area (Å²) in [4.78, 5) is 39.0. The number of nitrogens with one attached hydrogen (secondary N) is 4. The number of alkyl carbamates (subject to hydrolysis) is 1. The molecule has 6 aromatic rings. The zero-order chi connectivity index (χ0) is 38.9. The van der Waals surface area contributed by atoms with Crippen LogP contribution in [0.15, 0.2) is 85.2 Å². The Morgan fingerprint density at radius 3 is 1.74 bits per heavy atom. The predicted octanol–water partition coefficient (Wildman–Crippen LogP) is 9.25. The Morgan fingerprint density at radius 1 is 0.759 bits per heavy atom. The van der Waals surface area contributed by atoms with E-state index in [2.05, 4.69) is 82.4 Å². The molecule has 2 aromatic carbocycles. The van der Waals surface area contributed by atoms with Crippen LogP contribution in [0.5, 0.6) is 0 Å². The molecule has 1 amide bonds. The molecule has 54 heavy (non-hydrogen) atoms. The molecule has 0 fully saturated rings. The van der Waals surface area contributed by atoms with E-state index < -0.39 is 11.7 Å². The number of hydrogen-bond acceptors (Lipinski definition) is 14. The van der Waals surface area contributed by atoms with Gasteiger partial charge in [-0.15, -0.1) is 0 Å². The number of nitrogens with two attached hydrogens (primary N) is 1. The molecule has 0 aliphatic heterocycles. The molecule has 0 radical (unpaired) electrons. The lowest BCUT2D eigenvalue weighted by Gasteiger charge is -2.19. The fraction of sp³-hybridized carbons (Fsp3) is 0.289. The fourth-order valence-electron chi connectivity index (χ4n) is 4.41. The van der Waals surface area contributed by atoms with E-state index in [0.29, 0.717) is 29.9 Å². The summed E-state index contributed by atoms with van der Waals surface area (Å²) < 4.78 is 4.93. The summed E-state index contributed by atoms with van der Waals surface area (Å²) in [5.41, 5.74) is 7.06. The Kier molecular flexibility index (Phi) is 16.1. The second-order valence-corrected chi connectivity index (χ2v) is 14.9. The van der Waals surface area contributed by atoms with Gasteiger partial charge in [0.1, 0.15) is 39.9 Å². The van der Waals surface area contributed by atoms with Crippen LogP contribution in [0.4, 0.5) is 32.5 Å². The van der Waals surface area contributed by atoms with Crippen LogP contribution in [-0.4, -0.2) is 61.2 Å². The molecule has 0 spiro atoms. The van der Waals surface area contributed by atoms with Crippen molar-refractivity contribution in [1.29, 1.82) is 0 Å². The van der Waals surface area contributed by atoms with Crippen molar-refractivity contribution in [2.45, 2.75) is 53.6 Å². The maximum Gasteiger partial charge on any atom is 0.407 e. The number of halogens is 1. The van der Waals surface area contributed by atoms with Gasteiger partial charge >= 0.3 is 6.09 Å². The van der Waals surface area contributed by atoms with Crippen molar-refractivity contribution < 1.29 is 9.53 Å². The third kappa shape index (κ3) is 14.7. The molecule has 4 heterocycles. The van der Waals surface area contributed by atoms with Crippen LogP contribution in [0.2, 0.25) is 5.15 Å². The number of carbonyl (C=O) groups excluding carboxylic acids is 1. The number of aryl methyl sites for hydroxylation is 2. The van der Waals surface area contributed by atoms with Crippen molar-refractivity contribution in [3.63, 3.8) is 0 Å². The van der Waals surface area contributed by atoms with Crippen LogP contribution in [0, 0.1) is 13.8 Å². The van der Waals surface area contributed by atoms with Crippen LogP contribution in [0.1, 0.15) is 45.8 Å². The molecule has 13 nitrogen and oxygen atoms in total. The molecule has 6 N–H and O–H groups in total. The summed E-state index contributed by atoms with van der Waals surface area (Å²) in [6.07, 6.45) is 4.37. The van der Waals surface area contributed by atoms with Crippen molar-refractivity contribution in [2.24, 2.45) is 5.73 Å². The average molecular weight is 788 g/mol. The van der Waals surface area contributed by atoms with Crippen LogP contribution < -0.4 is 27.0 Å². The molecule has 0 saturated carbocycles. The molecule has 4 aromatic heterocycles. The summed E-state index contributed by atoms with van der Waals surface area (Å²) in [5.74, 6) is 3.59. The number of hydrogen-bond donors (Lipinski definition) is 5. The van der Waals surface area contributed by atoms with Crippen LogP contribution in [0.3, 0.4) is 0 Å². The topological polar surface area (TPSA) is 178 Å². The molecular formula is C38H46ClN11O2S2. The maximum atomic E-state index is 10.8. The van der Waals surface area contributed by atoms with Crippen molar-refractivity contribution in [2.75, 3.05) is 35.6 Å². The van der Waals surface area contributed by atoms with Gasteiger partial charge in [-0.05, 0) is 52.2 Å². The highest BCUT2D eigenvalue weighted by Crippen LogP contribution is 2.31. The molecule has 0 atom stereocenters. The highest BCUT2D eigenvalue weighted by molar-refractivity contribution is 7.19. The van der Waals surface area contributed by atoms with E-state index in [-0.39, 0.29) is 0 Å². The number of thiazole rings is 2. The first-order valence-corrected chi connectivity index (χ1v) is 19.3. The number of carbonyl (C=O) groups is 1. The van der Waals surface area contributed by atoms with Crippen LogP contribution in [0.25, 0.3) is 20.9 Å². The van der Waals surface area contributed by atoms with Crippen molar-refractivity contribution in [3.05, 3.63) is 102 Å². The second-order valence-electron chi connectivity index (χ2n) is 12.5. The number of ether oxygens (including phenoxy) is 1.